The minimum atomic E-state index is -0.381. The minimum Gasteiger partial charge on any atom is -0.496 e. The molecular weight excluding hydrogens is 305 g/mol. The summed E-state index contributed by atoms with van der Waals surface area (Å²) in [6.45, 7) is 0. The fourth-order valence-corrected chi connectivity index (χ4v) is 2.07. The van der Waals surface area contributed by atoms with Gasteiger partial charge in [0.05, 0.1) is 13.2 Å². The first-order valence-corrected chi connectivity index (χ1v) is 6.13. The van der Waals surface area contributed by atoms with E-state index in [-0.39, 0.29) is 6.04 Å². The van der Waals surface area contributed by atoms with Crippen molar-refractivity contribution in [1.82, 2.24) is 0 Å². The Hall–Kier alpha value is -0.970. The number of methoxy groups -OCH3 is 1. The van der Waals surface area contributed by atoms with Crippen molar-refractivity contribution in [1.29, 1.82) is 0 Å². The molecule has 0 aliphatic rings. The van der Waals surface area contributed by atoms with Gasteiger partial charge in [0.15, 0.2) is 4.67 Å². The molecule has 0 bridgehead atoms. The van der Waals surface area contributed by atoms with Gasteiger partial charge in [-0.3, -0.25) is 0 Å². The van der Waals surface area contributed by atoms with Gasteiger partial charge in [-0.1, -0.05) is 17.7 Å². The summed E-state index contributed by atoms with van der Waals surface area (Å²) >= 11 is 9.14. The van der Waals surface area contributed by atoms with E-state index in [0.29, 0.717) is 21.2 Å². The molecule has 0 amide bonds. The molecule has 17 heavy (non-hydrogen) atoms. The lowest BCUT2D eigenvalue weighted by molar-refractivity contribution is 0.402. The van der Waals surface area contributed by atoms with Crippen LogP contribution in [-0.2, 0) is 0 Å². The van der Waals surface area contributed by atoms with Crippen LogP contribution in [0.4, 0.5) is 0 Å². The molecule has 1 unspecified atom stereocenters. The Bertz CT molecular complexity index is 527. The van der Waals surface area contributed by atoms with Crippen LogP contribution in [0.15, 0.2) is 39.4 Å². The summed E-state index contributed by atoms with van der Waals surface area (Å²) in [4.78, 5) is 0. The number of hydrogen-bond donors (Lipinski definition) is 1. The maximum absolute atomic E-state index is 6.12. The van der Waals surface area contributed by atoms with Gasteiger partial charge in [0.2, 0.25) is 0 Å². The third-order valence-electron chi connectivity index (χ3n) is 2.43. The van der Waals surface area contributed by atoms with Crippen LogP contribution in [0.3, 0.4) is 0 Å². The lowest BCUT2D eigenvalue weighted by atomic mass is 10.0. The summed E-state index contributed by atoms with van der Waals surface area (Å²) in [5.74, 6) is 1.31. The average molecular weight is 317 g/mol. The number of rotatable bonds is 3. The molecule has 0 aliphatic carbocycles. The van der Waals surface area contributed by atoms with Crippen LogP contribution in [0.25, 0.3) is 0 Å². The Kier molecular flexibility index (Phi) is 3.76. The highest BCUT2D eigenvalue weighted by Gasteiger charge is 2.17. The SMILES string of the molecule is COc1cc(Cl)ccc1C(N)c1ccc(Br)o1. The molecule has 0 spiro atoms. The van der Waals surface area contributed by atoms with Gasteiger partial charge < -0.3 is 14.9 Å². The molecule has 1 aromatic heterocycles. The second-order valence-electron chi connectivity index (χ2n) is 3.51. The molecule has 1 heterocycles. The van der Waals surface area contributed by atoms with Crippen molar-refractivity contribution in [2.45, 2.75) is 6.04 Å². The molecule has 1 aromatic carbocycles. The monoisotopic (exact) mass is 315 g/mol. The fraction of sp³-hybridized carbons (Fsp3) is 0.167. The molecule has 0 fully saturated rings. The summed E-state index contributed by atoms with van der Waals surface area (Å²) < 4.78 is 11.3. The van der Waals surface area contributed by atoms with E-state index < -0.39 is 0 Å². The van der Waals surface area contributed by atoms with E-state index in [9.17, 15) is 0 Å². The summed E-state index contributed by atoms with van der Waals surface area (Å²) in [6.07, 6.45) is 0. The highest BCUT2D eigenvalue weighted by Crippen LogP contribution is 2.32. The number of furan rings is 1. The molecule has 90 valence electrons. The Labute approximate surface area is 113 Å². The first-order chi connectivity index (χ1) is 8.11. The Balaban J connectivity index is 2.39. The second kappa shape index (κ2) is 5.12. The predicted molar refractivity (Wildman–Crippen MR) is 70.4 cm³/mol. The topological polar surface area (TPSA) is 48.4 Å². The first-order valence-electron chi connectivity index (χ1n) is 4.96. The zero-order valence-electron chi connectivity index (χ0n) is 9.11. The smallest absolute Gasteiger partial charge is 0.169 e. The van der Waals surface area contributed by atoms with Crippen molar-refractivity contribution in [2.24, 2.45) is 5.73 Å². The molecule has 1 atom stereocenters. The second-order valence-corrected chi connectivity index (χ2v) is 4.72. The summed E-state index contributed by atoms with van der Waals surface area (Å²) in [5, 5.41) is 0.610. The zero-order valence-corrected chi connectivity index (χ0v) is 11.5. The van der Waals surface area contributed by atoms with Gasteiger partial charge in [0.25, 0.3) is 0 Å². The van der Waals surface area contributed by atoms with E-state index in [1.165, 1.54) is 0 Å². The van der Waals surface area contributed by atoms with Crippen molar-refractivity contribution >= 4 is 27.5 Å². The molecule has 2 rings (SSSR count). The standard InChI is InChI=1S/C12H11BrClNO2/c1-16-10-6-7(14)2-3-8(10)12(15)9-4-5-11(13)17-9/h2-6,12H,15H2,1H3. The largest absolute Gasteiger partial charge is 0.496 e. The molecular formula is C12H11BrClNO2. The normalized spacial score (nSPS) is 12.5. The third kappa shape index (κ3) is 2.65. The van der Waals surface area contributed by atoms with Gasteiger partial charge >= 0.3 is 0 Å². The van der Waals surface area contributed by atoms with E-state index in [1.807, 2.05) is 12.1 Å². The van der Waals surface area contributed by atoms with Gasteiger partial charge in [-0.15, -0.1) is 0 Å². The van der Waals surface area contributed by atoms with Crippen LogP contribution in [0.2, 0.25) is 5.02 Å². The lowest BCUT2D eigenvalue weighted by Crippen LogP contribution is -2.12. The third-order valence-corrected chi connectivity index (χ3v) is 3.09. The maximum Gasteiger partial charge on any atom is 0.169 e. The average Bonchev–Trinajstić information content (AvgIpc) is 2.75. The number of ether oxygens (including phenoxy) is 1. The highest BCUT2D eigenvalue weighted by molar-refractivity contribution is 9.10. The van der Waals surface area contributed by atoms with Crippen molar-refractivity contribution < 1.29 is 9.15 Å². The van der Waals surface area contributed by atoms with Crippen molar-refractivity contribution in [3.05, 3.63) is 51.3 Å². The first kappa shape index (κ1) is 12.5. The Morgan fingerprint density at radius 1 is 1.35 bits per heavy atom. The molecule has 3 nitrogen and oxygen atoms in total. The minimum absolute atomic E-state index is 0.381. The van der Waals surface area contributed by atoms with E-state index in [0.717, 1.165) is 5.56 Å². The Morgan fingerprint density at radius 3 is 2.71 bits per heavy atom. The predicted octanol–water partition coefficient (Wildman–Crippen LogP) is 3.75. The molecule has 0 aliphatic heterocycles. The number of hydrogen-bond acceptors (Lipinski definition) is 3. The van der Waals surface area contributed by atoms with E-state index in [2.05, 4.69) is 15.9 Å². The van der Waals surface area contributed by atoms with Crippen molar-refractivity contribution in [2.75, 3.05) is 7.11 Å². The highest BCUT2D eigenvalue weighted by atomic mass is 79.9. The number of benzene rings is 1. The van der Waals surface area contributed by atoms with Crippen molar-refractivity contribution in [3.8, 4) is 5.75 Å². The summed E-state index contributed by atoms with van der Waals surface area (Å²) in [6, 6.07) is 8.59. The molecule has 2 N–H and O–H groups in total. The summed E-state index contributed by atoms with van der Waals surface area (Å²) in [7, 11) is 1.58. The van der Waals surface area contributed by atoms with E-state index in [1.54, 1.807) is 25.3 Å². The Morgan fingerprint density at radius 2 is 2.12 bits per heavy atom. The van der Waals surface area contributed by atoms with Crippen LogP contribution in [0.5, 0.6) is 5.75 Å². The summed E-state index contributed by atoms with van der Waals surface area (Å²) in [5.41, 5.74) is 6.95. The van der Waals surface area contributed by atoms with Crippen LogP contribution in [0.1, 0.15) is 17.4 Å². The van der Waals surface area contributed by atoms with Gasteiger partial charge in [0.1, 0.15) is 11.5 Å². The fourth-order valence-electron chi connectivity index (χ4n) is 1.59. The lowest BCUT2D eigenvalue weighted by Gasteiger charge is -2.13. The van der Waals surface area contributed by atoms with Crippen LogP contribution >= 0.6 is 27.5 Å². The van der Waals surface area contributed by atoms with Crippen molar-refractivity contribution in [3.63, 3.8) is 0 Å². The van der Waals surface area contributed by atoms with E-state index >= 15 is 0 Å². The van der Waals surface area contributed by atoms with Crippen LogP contribution in [-0.4, -0.2) is 7.11 Å². The van der Waals surface area contributed by atoms with Crippen LogP contribution < -0.4 is 10.5 Å². The van der Waals surface area contributed by atoms with Gasteiger partial charge in [0, 0.05) is 10.6 Å². The van der Waals surface area contributed by atoms with Gasteiger partial charge in [-0.05, 0) is 40.2 Å². The number of nitrogens with two attached hydrogens (primary N) is 1. The molecule has 0 saturated heterocycles. The molecule has 5 heteroatoms. The van der Waals surface area contributed by atoms with Crippen LogP contribution in [0, 0.1) is 0 Å². The molecule has 0 saturated carbocycles. The van der Waals surface area contributed by atoms with Gasteiger partial charge in [-0.2, -0.15) is 0 Å². The van der Waals surface area contributed by atoms with Gasteiger partial charge in [-0.25, -0.2) is 0 Å². The number of halogens is 2. The molecule has 2 aromatic rings. The zero-order chi connectivity index (χ0) is 12.4. The quantitative estimate of drug-likeness (QED) is 0.938. The molecule has 0 radical (unpaired) electrons. The van der Waals surface area contributed by atoms with E-state index in [4.69, 9.17) is 26.5 Å². The maximum atomic E-state index is 6.12.